The molecule has 2 fully saturated rings. The van der Waals surface area contributed by atoms with Gasteiger partial charge in [0.25, 0.3) is 0 Å². The number of hydrogen-bond donors (Lipinski definition) is 3. The molecule has 0 aromatic heterocycles. The van der Waals surface area contributed by atoms with Gasteiger partial charge in [0.2, 0.25) is 0 Å². The summed E-state index contributed by atoms with van der Waals surface area (Å²) in [6.07, 6.45) is 1.81. The van der Waals surface area contributed by atoms with Crippen molar-refractivity contribution in [2.75, 3.05) is 26.8 Å². The van der Waals surface area contributed by atoms with E-state index < -0.39 is 6.10 Å². The number of phenolic OH excluding ortho intramolecular Hbond substituents is 1. The highest BCUT2D eigenvalue weighted by molar-refractivity contribution is 5.42. The maximum absolute atomic E-state index is 11.0. The largest absolute Gasteiger partial charge is 0.508 e. The number of likely N-dealkylation sites (tertiary alicyclic amines) is 1. The third kappa shape index (κ3) is 3.31. The molecule has 1 saturated heterocycles. The fraction of sp³-hybridized carbons (Fsp3) is 0.700. The van der Waals surface area contributed by atoms with E-state index in [9.17, 15) is 10.2 Å². The van der Waals surface area contributed by atoms with Crippen LogP contribution in [0, 0.1) is 12.8 Å². The van der Waals surface area contributed by atoms with Crippen molar-refractivity contribution in [3.05, 3.63) is 29.3 Å². The van der Waals surface area contributed by atoms with Gasteiger partial charge in [-0.15, -0.1) is 0 Å². The minimum absolute atomic E-state index is 0.00663. The first-order valence-corrected chi connectivity index (χ1v) is 9.30. The van der Waals surface area contributed by atoms with Gasteiger partial charge < -0.3 is 25.0 Å². The molecule has 3 N–H and O–H groups in total. The average molecular weight is 349 g/mol. The van der Waals surface area contributed by atoms with Crippen LogP contribution < -0.4 is 0 Å². The lowest BCUT2D eigenvalue weighted by molar-refractivity contribution is -0.119. The average Bonchev–Trinajstić information content (AvgIpc) is 2.58. The molecule has 1 heterocycles. The molecule has 1 unspecified atom stereocenters. The first kappa shape index (κ1) is 18.6. The molecule has 0 radical (unpaired) electrons. The zero-order chi connectivity index (χ0) is 18.2. The number of fused-ring (bicyclic) bond motifs is 1. The van der Waals surface area contributed by atoms with Crippen LogP contribution in [-0.2, 0) is 10.2 Å². The van der Waals surface area contributed by atoms with Crippen molar-refractivity contribution in [3.63, 3.8) is 0 Å². The number of aromatic hydroxyl groups is 1. The van der Waals surface area contributed by atoms with Gasteiger partial charge in [0.1, 0.15) is 5.75 Å². The van der Waals surface area contributed by atoms with E-state index in [1.807, 2.05) is 12.1 Å². The van der Waals surface area contributed by atoms with Gasteiger partial charge in [0.05, 0.1) is 25.4 Å². The van der Waals surface area contributed by atoms with Crippen molar-refractivity contribution >= 4 is 0 Å². The molecule has 2 aliphatic rings. The van der Waals surface area contributed by atoms with Crippen molar-refractivity contribution in [2.24, 2.45) is 5.92 Å². The number of ether oxygens (including phenoxy) is 1. The standard InChI is InChI=1S/C20H31NO4/c1-13-4-5-15(23)10-17(13)20-6-7-21(3)14(2)19(20)18(24)11-16(12-20)25-9-8-22/h4-5,10,14,16,18-19,22-24H,6-9,11-12H2,1-3H3/t14-,16?,18-,19+,20-/m1/s1. The van der Waals surface area contributed by atoms with Crippen molar-refractivity contribution in [3.8, 4) is 5.75 Å². The van der Waals surface area contributed by atoms with Crippen molar-refractivity contribution in [1.82, 2.24) is 4.90 Å². The summed E-state index contributed by atoms with van der Waals surface area (Å²) in [6, 6.07) is 5.82. The molecule has 5 atom stereocenters. The van der Waals surface area contributed by atoms with Crippen LogP contribution in [0.25, 0.3) is 0 Å². The maximum Gasteiger partial charge on any atom is 0.115 e. The van der Waals surface area contributed by atoms with E-state index in [0.717, 1.165) is 30.5 Å². The molecule has 1 aliphatic carbocycles. The van der Waals surface area contributed by atoms with Crippen LogP contribution in [0.1, 0.15) is 37.3 Å². The molecule has 140 valence electrons. The van der Waals surface area contributed by atoms with Gasteiger partial charge in [-0.05, 0) is 70.0 Å². The van der Waals surface area contributed by atoms with E-state index in [4.69, 9.17) is 9.84 Å². The predicted octanol–water partition coefficient (Wildman–Crippen LogP) is 1.81. The molecule has 1 aromatic rings. The first-order valence-electron chi connectivity index (χ1n) is 9.30. The second kappa shape index (κ2) is 7.23. The zero-order valence-electron chi connectivity index (χ0n) is 15.5. The Morgan fingerprint density at radius 1 is 1.36 bits per heavy atom. The lowest BCUT2D eigenvalue weighted by Crippen LogP contribution is -2.62. The summed E-state index contributed by atoms with van der Waals surface area (Å²) in [7, 11) is 2.12. The van der Waals surface area contributed by atoms with E-state index in [0.29, 0.717) is 13.0 Å². The number of hydrogen-bond acceptors (Lipinski definition) is 5. The molecule has 5 heteroatoms. The van der Waals surface area contributed by atoms with Crippen LogP contribution in [0.3, 0.4) is 0 Å². The van der Waals surface area contributed by atoms with Gasteiger partial charge in [-0.3, -0.25) is 0 Å². The van der Waals surface area contributed by atoms with Gasteiger partial charge in [-0.2, -0.15) is 0 Å². The van der Waals surface area contributed by atoms with Crippen LogP contribution in [0.2, 0.25) is 0 Å². The normalized spacial score (nSPS) is 36.2. The number of aliphatic hydroxyl groups is 2. The summed E-state index contributed by atoms with van der Waals surface area (Å²) < 4.78 is 5.84. The minimum atomic E-state index is -0.461. The summed E-state index contributed by atoms with van der Waals surface area (Å²) in [4.78, 5) is 2.32. The van der Waals surface area contributed by atoms with Gasteiger partial charge in [0, 0.05) is 17.4 Å². The number of phenols is 1. The van der Waals surface area contributed by atoms with E-state index in [1.165, 1.54) is 0 Å². The topological polar surface area (TPSA) is 73.2 Å². The zero-order valence-corrected chi connectivity index (χ0v) is 15.5. The summed E-state index contributed by atoms with van der Waals surface area (Å²) >= 11 is 0. The Morgan fingerprint density at radius 2 is 2.12 bits per heavy atom. The Hall–Kier alpha value is -1.14. The number of benzene rings is 1. The summed E-state index contributed by atoms with van der Waals surface area (Å²) in [5, 5.41) is 30.2. The highest BCUT2D eigenvalue weighted by Gasteiger charge is 2.55. The second-order valence-electron chi connectivity index (χ2n) is 7.88. The highest BCUT2D eigenvalue weighted by atomic mass is 16.5. The Bertz CT molecular complexity index is 607. The summed E-state index contributed by atoms with van der Waals surface area (Å²) in [5.41, 5.74) is 2.07. The van der Waals surface area contributed by atoms with E-state index in [1.54, 1.807) is 6.07 Å². The SMILES string of the molecule is Cc1ccc(O)cc1[C@]12CCN(C)[C@H](C)[C@H]1[C@H](O)CC(OCCO)C2. The van der Waals surface area contributed by atoms with Gasteiger partial charge >= 0.3 is 0 Å². The fourth-order valence-electron chi connectivity index (χ4n) is 5.23. The van der Waals surface area contributed by atoms with Gasteiger partial charge in [-0.25, -0.2) is 0 Å². The van der Waals surface area contributed by atoms with Crippen molar-refractivity contribution in [2.45, 2.75) is 56.8 Å². The Balaban J connectivity index is 2.06. The number of aryl methyl sites for hydroxylation is 1. The number of nitrogens with zero attached hydrogens (tertiary/aromatic N) is 1. The lowest BCUT2D eigenvalue weighted by Gasteiger charge is -2.57. The van der Waals surface area contributed by atoms with E-state index in [-0.39, 0.29) is 35.8 Å². The lowest BCUT2D eigenvalue weighted by atomic mass is 9.54. The van der Waals surface area contributed by atoms with Crippen molar-refractivity contribution < 1.29 is 20.1 Å². The predicted molar refractivity (Wildman–Crippen MR) is 96.8 cm³/mol. The monoisotopic (exact) mass is 349 g/mol. The minimum Gasteiger partial charge on any atom is -0.508 e. The molecule has 0 bridgehead atoms. The molecule has 1 saturated carbocycles. The summed E-state index contributed by atoms with van der Waals surface area (Å²) in [5.74, 6) is 0.369. The third-order valence-corrected chi connectivity index (χ3v) is 6.48. The molecule has 0 spiro atoms. The molecular formula is C20H31NO4. The first-order chi connectivity index (χ1) is 11.9. The van der Waals surface area contributed by atoms with Gasteiger partial charge in [0.15, 0.2) is 0 Å². The summed E-state index contributed by atoms with van der Waals surface area (Å²) in [6.45, 7) is 5.51. The number of aliphatic hydroxyl groups excluding tert-OH is 2. The van der Waals surface area contributed by atoms with Crippen LogP contribution in [0.4, 0.5) is 0 Å². The Kier molecular flexibility index (Phi) is 5.40. The van der Waals surface area contributed by atoms with Crippen LogP contribution in [0.15, 0.2) is 18.2 Å². The van der Waals surface area contributed by atoms with Gasteiger partial charge in [-0.1, -0.05) is 6.07 Å². The molecular weight excluding hydrogens is 318 g/mol. The molecule has 1 aliphatic heterocycles. The Morgan fingerprint density at radius 3 is 2.84 bits per heavy atom. The Labute approximate surface area is 150 Å². The molecule has 0 amide bonds. The van der Waals surface area contributed by atoms with Crippen LogP contribution in [-0.4, -0.2) is 65.3 Å². The maximum atomic E-state index is 11.0. The van der Waals surface area contributed by atoms with E-state index >= 15 is 0 Å². The third-order valence-electron chi connectivity index (χ3n) is 6.48. The molecule has 3 rings (SSSR count). The molecule has 25 heavy (non-hydrogen) atoms. The van der Waals surface area contributed by atoms with E-state index in [2.05, 4.69) is 25.8 Å². The second-order valence-corrected chi connectivity index (χ2v) is 7.88. The van der Waals surface area contributed by atoms with Crippen LogP contribution in [0.5, 0.6) is 5.75 Å². The highest BCUT2D eigenvalue weighted by Crippen LogP contribution is 2.53. The quantitative estimate of drug-likeness (QED) is 0.773. The smallest absolute Gasteiger partial charge is 0.115 e. The van der Waals surface area contributed by atoms with Crippen LogP contribution >= 0.6 is 0 Å². The molecule has 1 aromatic carbocycles. The fourth-order valence-corrected chi connectivity index (χ4v) is 5.23. The number of rotatable bonds is 4. The molecule has 5 nitrogen and oxygen atoms in total. The number of piperidine rings is 1. The van der Waals surface area contributed by atoms with Crippen molar-refractivity contribution in [1.29, 1.82) is 0 Å².